The molecule has 0 unspecified atom stereocenters. The predicted molar refractivity (Wildman–Crippen MR) is 71.5 cm³/mol. The zero-order chi connectivity index (χ0) is 13.2. The first-order valence-electron chi connectivity index (χ1n) is 5.96. The monoisotopic (exact) mass is 252 g/mol. The molecule has 0 amide bonds. The van der Waals surface area contributed by atoms with Crippen LogP contribution in [0.4, 0.5) is 0 Å². The molecule has 4 heteroatoms. The molecule has 4 nitrogen and oxygen atoms in total. The van der Waals surface area contributed by atoms with Gasteiger partial charge in [0.2, 0.25) is 0 Å². The topological polar surface area (TPSA) is 54.6 Å². The number of nitrogens with zero attached hydrogens (tertiary/aromatic N) is 2. The summed E-state index contributed by atoms with van der Waals surface area (Å²) >= 11 is 0. The van der Waals surface area contributed by atoms with Gasteiger partial charge in [-0.1, -0.05) is 18.2 Å². The lowest BCUT2D eigenvalue weighted by Crippen LogP contribution is -1.98. The summed E-state index contributed by atoms with van der Waals surface area (Å²) in [6, 6.07) is 10.8. The van der Waals surface area contributed by atoms with Gasteiger partial charge >= 0.3 is 0 Å². The summed E-state index contributed by atoms with van der Waals surface area (Å²) < 4.78 is 1.87. The van der Waals surface area contributed by atoms with Crippen molar-refractivity contribution in [3.8, 4) is 5.75 Å². The van der Waals surface area contributed by atoms with Crippen LogP contribution in [-0.4, -0.2) is 20.8 Å². The Balaban J connectivity index is 2.06. The van der Waals surface area contributed by atoms with E-state index in [1.54, 1.807) is 30.6 Å². The number of benzene rings is 1. The molecule has 0 saturated heterocycles. The number of fused-ring (bicyclic) bond motifs is 1. The third-order valence-electron chi connectivity index (χ3n) is 3.10. The second kappa shape index (κ2) is 4.57. The molecule has 0 aliphatic carbocycles. The van der Waals surface area contributed by atoms with Crippen LogP contribution >= 0.6 is 0 Å². The molecule has 2 heterocycles. The van der Waals surface area contributed by atoms with Crippen molar-refractivity contribution >= 4 is 11.8 Å². The number of hydrogen-bond acceptors (Lipinski definition) is 3. The summed E-state index contributed by atoms with van der Waals surface area (Å²) in [6.07, 6.45) is 4.83. The van der Waals surface area contributed by atoms with Crippen molar-refractivity contribution in [1.29, 1.82) is 0 Å². The highest BCUT2D eigenvalue weighted by Crippen LogP contribution is 2.20. The van der Waals surface area contributed by atoms with Crippen LogP contribution in [-0.2, 0) is 6.42 Å². The van der Waals surface area contributed by atoms with Crippen LogP contribution in [0.5, 0.6) is 5.75 Å². The minimum Gasteiger partial charge on any atom is -0.508 e. The van der Waals surface area contributed by atoms with Crippen LogP contribution in [0.25, 0.3) is 5.52 Å². The molecule has 0 radical (unpaired) electrons. The van der Waals surface area contributed by atoms with Crippen molar-refractivity contribution in [2.24, 2.45) is 0 Å². The average molecular weight is 252 g/mol. The number of imidazole rings is 1. The maximum absolute atomic E-state index is 10.8. The van der Waals surface area contributed by atoms with Crippen molar-refractivity contribution in [2.45, 2.75) is 6.42 Å². The van der Waals surface area contributed by atoms with E-state index in [4.69, 9.17) is 0 Å². The third kappa shape index (κ3) is 2.08. The smallest absolute Gasteiger partial charge is 0.151 e. The van der Waals surface area contributed by atoms with Gasteiger partial charge in [0.25, 0.3) is 0 Å². The first-order chi connectivity index (χ1) is 9.28. The van der Waals surface area contributed by atoms with Gasteiger partial charge < -0.3 is 9.51 Å². The molecule has 2 aromatic heterocycles. The summed E-state index contributed by atoms with van der Waals surface area (Å²) in [5.74, 6) is 1.05. The molecule has 0 bridgehead atoms. The van der Waals surface area contributed by atoms with Crippen LogP contribution in [0.2, 0.25) is 0 Å². The number of pyridine rings is 1. The first-order valence-corrected chi connectivity index (χ1v) is 5.96. The molecule has 19 heavy (non-hydrogen) atoms. The molecule has 1 aromatic carbocycles. The van der Waals surface area contributed by atoms with Gasteiger partial charge in [0, 0.05) is 23.7 Å². The molecule has 0 aliphatic heterocycles. The Labute approximate surface area is 110 Å². The van der Waals surface area contributed by atoms with E-state index in [1.807, 2.05) is 22.6 Å². The van der Waals surface area contributed by atoms with Gasteiger partial charge in [0.1, 0.15) is 11.6 Å². The largest absolute Gasteiger partial charge is 0.508 e. The van der Waals surface area contributed by atoms with Crippen LogP contribution in [0.15, 0.2) is 48.8 Å². The lowest BCUT2D eigenvalue weighted by atomic mass is 10.1. The molecule has 0 aliphatic rings. The number of aldehydes is 1. The molecule has 3 rings (SSSR count). The fourth-order valence-corrected chi connectivity index (χ4v) is 2.09. The maximum Gasteiger partial charge on any atom is 0.151 e. The number of rotatable bonds is 3. The van der Waals surface area contributed by atoms with Gasteiger partial charge in [-0.3, -0.25) is 4.79 Å². The standard InChI is InChI=1S/C15H12N2O2/c18-10-11-5-6-13-8-16-15(17(13)9-11)7-12-3-1-2-4-14(12)19/h1-6,8-10,19H,7H2. The van der Waals surface area contributed by atoms with Crippen LogP contribution in [0.3, 0.4) is 0 Å². The summed E-state index contributed by atoms with van der Waals surface area (Å²) in [5, 5.41) is 9.79. The molecule has 0 fully saturated rings. The molecular weight excluding hydrogens is 240 g/mol. The van der Waals surface area contributed by atoms with Crippen molar-refractivity contribution in [1.82, 2.24) is 9.38 Å². The van der Waals surface area contributed by atoms with E-state index in [1.165, 1.54) is 0 Å². The van der Waals surface area contributed by atoms with E-state index < -0.39 is 0 Å². The van der Waals surface area contributed by atoms with E-state index in [0.717, 1.165) is 23.2 Å². The number of phenolic OH excluding ortho intramolecular Hbond substituents is 1. The Morgan fingerprint density at radius 3 is 2.84 bits per heavy atom. The van der Waals surface area contributed by atoms with Crippen molar-refractivity contribution in [3.63, 3.8) is 0 Å². The van der Waals surface area contributed by atoms with Gasteiger partial charge in [-0.25, -0.2) is 4.98 Å². The highest BCUT2D eigenvalue weighted by molar-refractivity contribution is 5.75. The number of phenols is 1. The van der Waals surface area contributed by atoms with Crippen molar-refractivity contribution in [3.05, 3.63) is 65.7 Å². The molecule has 3 aromatic rings. The third-order valence-corrected chi connectivity index (χ3v) is 3.10. The van der Waals surface area contributed by atoms with Gasteiger partial charge in [-0.2, -0.15) is 0 Å². The Morgan fingerprint density at radius 1 is 1.21 bits per heavy atom. The Bertz CT molecular complexity index is 747. The number of carbonyl (C=O) groups excluding carboxylic acids is 1. The fraction of sp³-hybridized carbons (Fsp3) is 0.0667. The van der Waals surface area contributed by atoms with Gasteiger partial charge in [-0.15, -0.1) is 0 Å². The quantitative estimate of drug-likeness (QED) is 0.728. The number of para-hydroxylation sites is 1. The van der Waals surface area contributed by atoms with Gasteiger partial charge in [-0.05, 0) is 18.2 Å². The first kappa shape index (κ1) is 11.5. The minimum atomic E-state index is 0.255. The number of hydrogen-bond donors (Lipinski definition) is 1. The Morgan fingerprint density at radius 2 is 2.05 bits per heavy atom. The van der Waals surface area contributed by atoms with E-state index in [2.05, 4.69) is 4.98 Å². The Kier molecular flexibility index (Phi) is 2.76. The molecular formula is C15H12N2O2. The second-order valence-corrected chi connectivity index (χ2v) is 4.36. The molecule has 0 saturated carbocycles. The molecule has 0 spiro atoms. The van der Waals surface area contributed by atoms with E-state index in [-0.39, 0.29) is 5.75 Å². The molecule has 0 atom stereocenters. The average Bonchev–Trinajstić information content (AvgIpc) is 2.84. The fourth-order valence-electron chi connectivity index (χ4n) is 2.09. The lowest BCUT2D eigenvalue weighted by Gasteiger charge is -2.04. The van der Waals surface area contributed by atoms with Crippen LogP contribution < -0.4 is 0 Å². The van der Waals surface area contributed by atoms with Crippen LogP contribution in [0, 0.1) is 0 Å². The summed E-state index contributed by atoms with van der Waals surface area (Å²) in [4.78, 5) is 15.2. The SMILES string of the molecule is O=Cc1ccc2cnc(Cc3ccccc3O)n2c1. The highest BCUT2D eigenvalue weighted by Gasteiger charge is 2.07. The summed E-state index contributed by atoms with van der Waals surface area (Å²) in [7, 11) is 0. The Hall–Kier alpha value is -2.62. The zero-order valence-corrected chi connectivity index (χ0v) is 10.2. The second-order valence-electron chi connectivity index (χ2n) is 4.36. The number of aromatic hydroxyl groups is 1. The van der Waals surface area contributed by atoms with Gasteiger partial charge in [0.15, 0.2) is 6.29 Å². The lowest BCUT2D eigenvalue weighted by molar-refractivity contribution is 0.112. The predicted octanol–water partition coefficient (Wildman–Crippen LogP) is 2.44. The molecule has 1 N–H and O–H groups in total. The van der Waals surface area contributed by atoms with Crippen LogP contribution in [0.1, 0.15) is 21.7 Å². The summed E-state index contributed by atoms with van der Waals surface area (Å²) in [5.41, 5.74) is 2.34. The van der Waals surface area contributed by atoms with Crippen molar-refractivity contribution in [2.75, 3.05) is 0 Å². The summed E-state index contributed by atoms with van der Waals surface area (Å²) in [6.45, 7) is 0. The maximum atomic E-state index is 10.8. The normalized spacial score (nSPS) is 10.7. The number of carbonyl (C=O) groups is 1. The highest BCUT2D eigenvalue weighted by atomic mass is 16.3. The van der Waals surface area contributed by atoms with Crippen molar-refractivity contribution < 1.29 is 9.90 Å². The number of aromatic nitrogens is 2. The van der Waals surface area contributed by atoms with E-state index in [0.29, 0.717) is 12.0 Å². The minimum absolute atomic E-state index is 0.255. The van der Waals surface area contributed by atoms with Gasteiger partial charge in [0.05, 0.1) is 11.7 Å². The van der Waals surface area contributed by atoms with E-state index >= 15 is 0 Å². The van der Waals surface area contributed by atoms with E-state index in [9.17, 15) is 9.90 Å². The molecule has 94 valence electrons. The zero-order valence-electron chi connectivity index (χ0n) is 10.2.